The molecule has 0 aromatic heterocycles. The lowest BCUT2D eigenvalue weighted by Crippen LogP contribution is -2.64. The molecular formula is C33H45Cl2N3O2. The number of nitrogens with zero attached hydrogens (tertiary/aromatic N) is 3. The molecule has 5 rings (SSSR count). The van der Waals surface area contributed by atoms with Crippen molar-refractivity contribution in [2.45, 2.75) is 70.2 Å². The van der Waals surface area contributed by atoms with Gasteiger partial charge >= 0.3 is 5.97 Å². The third-order valence-electron chi connectivity index (χ3n) is 9.30. The molecule has 0 spiro atoms. The van der Waals surface area contributed by atoms with Crippen molar-refractivity contribution in [2.75, 3.05) is 49.4 Å². The predicted molar refractivity (Wildman–Crippen MR) is 165 cm³/mol. The molecule has 0 amide bonds. The van der Waals surface area contributed by atoms with Gasteiger partial charge in [0.1, 0.15) is 6.61 Å². The summed E-state index contributed by atoms with van der Waals surface area (Å²) in [5, 5.41) is 0. The zero-order valence-electron chi connectivity index (χ0n) is 23.7. The smallest absolute Gasteiger partial charge is 0.306 e. The summed E-state index contributed by atoms with van der Waals surface area (Å²) in [7, 11) is 0. The average molecular weight is 587 g/mol. The van der Waals surface area contributed by atoms with Crippen molar-refractivity contribution in [1.82, 2.24) is 9.80 Å². The van der Waals surface area contributed by atoms with Crippen molar-refractivity contribution in [3.05, 3.63) is 65.7 Å². The zero-order valence-corrected chi connectivity index (χ0v) is 25.2. The van der Waals surface area contributed by atoms with Crippen molar-refractivity contribution in [3.8, 4) is 0 Å². The zero-order chi connectivity index (χ0) is 27.7. The maximum atomic E-state index is 12.7. The van der Waals surface area contributed by atoms with E-state index in [2.05, 4.69) is 57.2 Å². The fraction of sp³-hybridized carbons (Fsp3) is 0.606. The highest BCUT2D eigenvalue weighted by Crippen LogP contribution is 2.43. The third kappa shape index (κ3) is 7.53. The number of benzene rings is 2. The van der Waals surface area contributed by atoms with Gasteiger partial charge in [0.2, 0.25) is 0 Å². The number of alkyl halides is 2. The van der Waals surface area contributed by atoms with E-state index in [1.54, 1.807) is 0 Å². The monoisotopic (exact) mass is 585 g/mol. The van der Waals surface area contributed by atoms with Gasteiger partial charge in [-0.15, -0.1) is 23.2 Å². The fourth-order valence-electron chi connectivity index (χ4n) is 7.55. The molecule has 3 saturated heterocycles. The number of piperidine rings is 3. The molecule has 0 N–H and O–H groups in total. The summed E-state index contributed by atoms with van der Waals surface area (Å²) in [6, 6.07) is 20.4. The van der Waals surface area contributed by atoms with E-state index in [-0.39, 0.29) is 5.97 Å². The lowest BCUT2D eigenvalue weighted by atomic mass is 9.69. The van der Waals surface area contributed by atoms with E-state index in [1.165, 1.54) is 50.9 Å². The van der Waals surface area contributed by atoms with E-state index >= 15 is 0 Å². The molecule has 3 heterocycles. The number of rotatable bonds is 13. The summed E-state index contributed by atoms with van der Waals surface area (Å²) < 4.78 is 5.69. The molecule has 3 fully saturated rings. The topological polar surface area (TPSA) is 36.0 Å². The van der Waals surface area contributed by atoms with Crippen molar-refractivity contribution >= 4 is 34.9 Å². The second-order valence-electron chi connectivity index (χ2n) is 11.8. The molecule has 0 aliphatic carbocycles. The van der Waals surface area contributed by atoms with Crippen LogP contribution in [0.25, 0.3) is 0 Å². The molecule has 0 bridgehead atoms. The van der Waals surface area contributed by atoms with E-state index in [0.29, 0.717) is 36.7 Å². The maximum Gasteiger partial charge on any atom is 0.306 e. The molecule has 4 atom stereocenters. The van der Waals surface area contributed by atoms with Crippen molar-refractivity contribution in [2.24, 2.45) is 11.8 Å². The quantitative estimate of drug-likeness (QED) is 0.196. The molecule has 7 heteroatoms. The average Bonchev–Trinajstić information content (AvgIpc) is 2.98. The number of anilines is 1. The first-order valence-electron chi connectivity index (χ1n) is 15.3. The van der Waals surface area contributed by atoms with Crippen LogP contribution in [-0.2, 0) is 22.7 Å². The van der Waals surface area contributed by atoms with Gasteiger partial charge in [0.05, 0.1) is 0 Å². The normalized spacial score (nSPS) is 24.9. The van der Waals surface area contributed by atoms with Crippen molar-refractivity contribution < 1.29 is 9.53 Å². The Morgan fingerprint density at radius 1 is 0.925 bits per heavy atom. The first-order chi connectivity index (χ1) is 19.7. The summed E-state index contributed by atoms with van der Waals surface area (Å²) >= 11 is 11.9. The van der Waals surface area contributed by atoms with Crippen LogP contribution in [0, 0.1) is 11.8 Å². The Morgan fingerprint density at radius 3 is 2.38 bits per heavy atom. The molecule has 0 saturated carbocycles. The van der Waals surface area contributed by atoms with Gasteiger partial charge in [0.25, 0.3) is 0 Å². The van der Waals surface area contributed by atoms with Crippen LogP contribution in [0.15, 0.2) is 54.6 Å². The molecule has 2 aromatic rings. The van der Waals surface area contributed by atoms with Gasteiger partial charge in [-0.2, -0.15) is 0 Å². The molecule has 218 valence electrons. The Morgan fingerprint density at radius 2 is 1.65 bits per heavy atom. The van der Waals surface area contributed by atoms with Crippen LogP contribution in [0.5, 0.6) is 0 Å². The Balaban J connectivity index is 1.15. The highest BCUT2D eigenvalue weighted by atomic mass is 35.5. The van der Waals surface area contributed by atoms with Crippen molar-refractivity contribution in [3.63, 3.8) is 0 Å². The number of hydrogen-bond donors (Lipinski definition) is 0. The number of halogens is 2. The van der Waals surface area contributed by atoms with Crippen LogP contribution >= 0.6 is 23.2 Å². The van der Waals surface area contributed by atoms with Gasteiger partial charge in [-0.1, -0.05) is 42.5 Å². The molecule has 2 aromatic carbocycles. The van der Waals surface area contributed by atoms with Crippen LogP contribution in [-0.4, -0.2) is 72.3 Å². The predicted octanol–water partition coefficient (Wildman–Crippen LogP) is 6.56. The number of ether oxygens (including phenoxy) is 1. The van der Waals surface area contributed by atoms with E-state index in [1.807, 2.05) is 12.1 Å². The van der Waals surface area contributed by atoms with Crippen LogP contribution in [0.2, 0.25) is 0 Å². The second-order valence-corrected chi connectivity index (χ2v) is 12.6. The number of hydrogen-bond acceptors (Lipinski definition) is 5. The van der Waals surface area contributed by atoms with Crippen LogP contribution in [0.3, 0.4) is 0 Å². The van der Waals surface area contributed by atoms with Gasteiger partial charge < -0.3 is 9.64 Å². The molecule has 3 aliphatic heterocycles. The van der Waals surface area contributed by atoms with E-state index < -0.39 is 0 Å². The summed E-state index contributed by atoms with van der Waals surface area (Å²) in [5.41, 5.74) is 3.49. The van der Waals surface area contributed by atoms with Crippen LogP contribution in [0.4, 0.5) is 5.69 Å². The van der Waals surface area contributed by atoms with Gasteiger partial charge in [0.15, 0.2) is 0 Å². The minimum atomic E-state index is -0.0961. The van der Waals surface area contributed by atoms with Crippen LogP contribution in [0.1, 0.15) is 56.1 Å². The van der Waals surface area contributed by atoms with E-state index in [4.69, 9.17) is 27.9 Å². The van der Waals surface area contributed by atoms with Crippen molar-refractivity contribution in [1.29, 1.82) is 0 Å². The third-order valence-corrected chi connectivity index (χ3v) is 9.64. The minimum absolute atomic E-state index is 0.0961. The molecule has 0 radical (unpaired) electrons. The summed E-state index contributed by atoms with van der Waals surface area (Å²) in [5.74, 6) is 2.51. The highest BCUT2D eigenvalue weighted by molar-refractivity contribution is 6.18. The minimum Gasteiger partial charge on any atom is -0.461 e. The standard InChI is InChI=1S/C33H45Cl2N3O2/c34-17-21-36(22-18-35)29-15-13-27(14-16-29)25-40-32(39)12-4-11-31-30-10-6-20-37-19-5-9-28(33(30)37)24-38(31)23-26-7-2-1-3-8-26/h1-3,7-8,13-16,28,30-31,33H,4-6,9-12,17-25H2/t28-,30-,31+,33+/m1/s1. The summed E-state index contributed by atoms with van der Waals surface area (Å²) in [4.78, 5) is 20.5. The lowest BCUT2D eigenvalue weighted by molar-refractivity contribution is -0.145. The molecule has 40 heavy (non-hydrogen) atoms. The van der Waals surface area contributed by atoms with E-state index in [9.17, 15) is 4.79 Å². The molecular weight excluding hydrogens is 541 g/mol. The SMILES string of the molecule is O=C(CCC[C@H]1[C@H]2CCCN3CCC[C@H](CN1Cc1ccccc1)[C@@H]23)OCc1ccc(N(CCCl)CCCl)cc1. The first kappa shape index (κ1) is 29.7. The Kier molecular flexibility index (Phi) is 11.1. The van der Waals surface area contributed by atoms with E-state index in [0.717, 1.165) is 55.7 Å². The summed E-state index contributed by atoms with van der Waals surface area (Å²) in [6.45, 7) is 6.57. The maximum absolute atomic E-state index is 12.7. The molecule has 0 unspecified atom stereocenters. The number of likely N-dealkylation sites (tertiary alicyclic amines) is 1. The second kappa shape index (κ2) is 14.9. The number of esters is 1. The Hall–Kier alpha value is -1.79. The summed E-state index contributed by atoms with van der Waals surface area (Å²) in [6.07, 6.45) is 7.76. The number of carbonyl (C=O) groups excluding carboxylic acids is 1. The largest absolute Gasteiger partial charge is 0.461 e. The van der Waals surface area contributed by atoms with Crippen LogP contribution < -0.4 is 4.90 Å². The van der Waals surface area contributed by atoms with Gasteiger partial charge in [-0.25, -0.2) is 0 Å². The Labute approximate surface area is 250 Å². The van der Waals surface area contributed by atoms with Gasteiger partial charge in [0, 0.05) is 62.1 Å². The lowest BCUT2D eigenvalue weighted by Gasteiger charge is -2.57. The molecule has 5 nitrogen and oxygen atoms in total. The fourth-order valence-corrected chi connectivity index (χ4v) is 7.96. The number of carbonyl (C=O) groups is 1. The van der Waals surface area contributed by atoms with Gasteiger partial charge in [-0.3, -0.25) is 14.6 Å². The molecule has 3 aliphatic rings. The highest BCUT2D eigenvalue weighted by Gasteiger charge is 2.48. The Bertz CT molecular complexity index is 1050. The first-order valence-corrected chi connectivity index (χ1v) is 16.4. The van der Waals surface area contributed by atoms with Gasteiger partial charge in [-0.05, 0) is 86.7 Å².